The van der Waals surface area contributed by atoms with E-state index in [1.807, 2.05) is 6.92 Å². The Hall–Kier alpha value is -1.42. The van der Waals surface area contributed by atoms with Gasteiger partial charge in [-0.05, 0) is 19.3 Å². The lowest BCUT2D eigenvalue weighted by Crippen LogP contribution is -2.41. The zero-order chi connectivity index (χ0) is 17.1. The van der Waals surface area contributed by atoms with Crippen LogP contribution in [-0.2, 0) is 9.59 Å². The maximum Gasteiger partial charge on any atom is 0.321 e. The zero-order valence-corrected chi connectivity index (χ0v) is 14.6. The summed E-state index contributed by atoms with van der Waals surface area (Å²) < 4.78 is 0. The minimum atomic E-state index is -0.511. The Morgan fingerprint density at radius 1 is 1.00 bits per heavy atom. The molecule has 0 aromatic heterocycles. The lowest BCUT2D eigenvalue weighted by molar-refractivity contribution is -0.120. The van der Waals surface area contributed by atoms with Gasteiger partial charge in [0.1, 0.15) is 0 Å². The SMILES string of the molecule is CCCC(=O)NC(=O)NCCSSCC(=O)NC(=O)NC1CC1. The lowest BCUT2D eigenvalue weighted by Gasteiger charge is -2.06. The number of imide groups is 2. The average Bonchev–Trinajstić information content (AvgIpc) is 3.26. The third-order valence-electron chi connectivity index (χ3n) is 2.64. The van der Waals surface area contributed by atoms with Crippen molar-refractivity contribution in [1.29, 1.82) is 0 Å². The molecule has 10 heteroatoms. The Morgan fingerprint density at radius 3 is 2.35 bits per heavy atom. The number of carbonyl (C=O) groups is 4. The van der Waals surface area contributed by atoms with Gasteiger partial charge in [0.05, 0.1) is 5.75 Å². The van der Waals surface area contributed by atoms with Gasteiger partial charge >= 0.3 is 12.1 Å². The highest BCUT2D eigenvalue weighted by Gasteiger charge is 2.23. The second kappa shape index (κ2) is 11.2. The molecule has 130 valence electrons. The van der Waals surface area contributed by atoms with Crippen molar-refractivity contribution in [2.45, 2.75) is 38.6 Å². The highest BCUT2D eigenvalue weighted by molar-refractivity contribution is 8.76. The van der Waals surface area contributed by atoms with Crippen LogP contribution in [0.15, 0.2) is 0 Å². The van der Waals surface area contributed by atoms with Crippen LogP contribution in [0.2, 0.25) is 0 Å². The second-order valence-corrected chi connectivity index (χ2v) is 7.52. The van der Waals surface area contributed by atoms with Gasteiger partial charge in [0.25, 0.3) is 0 Å². The van der Waals surface area contributed by atoms with Gasteiger partial charge in [-0.2, -0.15) is 0 Å². The number of urea groups is 2. The molecule has 0 aromatic rings. The summed E-state index contributed by atoms with van der Waals surface area (Å²) in [7, 11) is 2.70. The topological polar surface area (TPSA) is 116 Å². The largest absolute Gasteiger partial charge is 0.337 e. The van der Waals surface area contributed by atoms with E-state index in [1.54, 1.807) is 0 Å². The summed E-state index contributed by atoms with van der Waals surface area (Å²) in [6.07, 6.45) is 2.95. The van der Waals surface area contributed by atoms with Crippen molar-refractivity contribution in [2.75, 3.05) is 18.1 Å². The van der Waals surface area contributed by atoms with E-state index in [-0.39, 0.29) is 23.6 Å². The van der Waals surface area contributed by atoms with E-state index in [9.17, 15) is 19.2 Å². The number of hydrogen-bond donors (Lipinski definition) is 4. The smallest absolute Gasteiger partial charge is 0.321 e. The van der Waals surface area contributed by atoms with Crippen molar-refractivity contribution in [3.05, 3.63) is 0 Å². The second-order valence-electron chi connectivity index (χ2n) is 4.93. The first-order valence-corrected chi connectivity index (χ1v) is 9.92. The Kier molecular flexibility index (Phi) is 9.53. The minimum Gasteiger partial charge on any atom is -0.337 e. The standard InChI is InChI=1S/C13H22N4O4S2/c1-2-3-10(18)16-12(20)14-6-7-22-23-8-11(19)17-13(21)15-9-4-5-9/h9H,2-8H2,1H3,(H2,14,16,18,20)(H2,15,17,19,21). The highest BCUT2D eigenvalue weighted by Crippen LogP contribution is 2.20. The summed E-state index contributed by atoms with van der Waals surface area (Å²) in [5.74, 6) is 0.0932. The van der Waals surface area contributed by atoms with Crippen LogP contribution in [0.5, 0.6) is 0 Å². The molecule has 4 N–H and O–H groups in total. The van der Waals surface area contributed by atoms with Gasteiger partial charge in [0.15, 0.2) is 0 Å². The van der Waals surface area contributed by atoms with Crippen LogP contribution in [0.4, 0.5) is 9.59 Å². The van der Waals surface area contributed by atoms with Gasteiger partial charge in [0.2, 0.25) is 11.8 Å². The Morgan fingerprint density at radius 2 is 1.70 bits per heavy atom. The predicted octanol–water partition coefficient (Wildman–Crippen LogP) is 0.982. The summed E-state index contributed by atoms with van der Waals surface area (Å²) in [4.78, 5) is 45.2. The lowest BCUT2D eigenvalue weighted by atomic mass is 10.3. The molecule has 0 unspecified atom stereocenters. The molecule has 0 spiro atoms. The molecule has 0 atom stereocenters. The van der Waals surface area contributed by atoms with Crippen LogP contribution in [0.25, 0.3) is 0 Å². The van der Waals surface area contributed by atoms with Crippen LogP contribution in [0.1, 0.15) is 32.6 Å². The van der Waals surface area contributed by atoms with Crippen molar-refractivity contribution in [2.24, 2.45) is 0 Å². The molecular formula is C13H22N4O4S2. The van der Waals surface area contributed by atoms with E-state index in [0.717, 1.165) is 12.8 Å². The van der Waals surface area contributed by atoms with E-state index in [0.29, 0.717) is 25.1 Å². The molecule has 0 aliphatic heterocycles. The van der Waals surface area contributed by atoms with E-state index < -0.39 is 12.1 Å². The van der Waals surface area contributed by atoms with Gasteiger partial charge in [-0.15, -0.1) is 0 Å². The zero-order valence-electron chi connectivity index (χ0n) is 13.0. The quantitative estimate of drug-likeness (QED) is 0.359. The Labute approximate surface area is 143 Å². The third-order valence-corrected chi connectivity index (χ3v) is 4.91. The molecule has 0 saturated heterocycles. The van der Waals surface area contributed by atoms with E-state index in [1.165, 1.54) is 21.6 Å². The fourth-order valence-corrected chi connectivity index (χ4v) is 3.17. The fourth-order valence-electron chi connectivity index (χ4n) is 1.43. The summed E-state index contributed by atoms with van der Waals surface area (Å²) in [5.41, 5.74) is 0. The number of amides is 6. The van der Waals surface area contributed by atoms with Crippen molar-refractivity contribution >= 4 is 45.5 Å². The van der Waals surface area contributed by atoms with Crippen molar-refractivity contribution < 1.29 is 19.2 Å². The Bertz CT molecular complexity index is 444. The molecule has 0 bridgehead atoms. The average molecular weight is 362 g/mol. The molecule has 1 saturated carbocycles. The Balaban J connectivity index is 1.93. The van der Waals surface area contributed by atoms with Gasteiger partial charge in [0, 0.05) is 24.8 Å². The highest BCUT2D eigenvalue weighted by atomic mass is 33.1. The molecular weight excluding hydrogens is 340 g/mol. The number of carbonyl (C=O) groups excluding carboxylic acids is 4. The summed E-state index contributed by atoms with van der Waals surface area (Å²) >= 11 is 0. The van der Waals surface area contributed by atoms with E-state index >= 15 is 0 Å². The van der Waals surface area contributed by atoms with Crippen molar-refractivity contribution in [1.82, 2.24) is 21.3 Å². The molecule has 0 heterocycles. The van der Waals surface area contributed by atoms with E-state index in [4.69, 9.17) is 0 Å². The maximum absolute atomic E-state index is 11.5. The van der Waals surface area contributed by atoms with Crippen molar-refractivity contribution in [3.8, 4) is 0 Å². The van der Waals surface area contributed by atoms with E-state index in [2.05, 4.69) is 21.3 Å². The van der Waals surface area contributed by atoms with Gasteiger partial charge < -0.3 is 10.6 Å². The number of rotatable bonds is 9. The molecule has 0 radical (unpaired) electrons. The number of hydrogen-bond acceptors (Lipinski definition) is 6. The van der Waals surface area contributed by atoms with Crippen LogP contribution >= 0.6 is 21.6 Å². The van der Waals surface area contributed by atoms with Crippen LogP contribution in [0.3, 0.4) is 0 Å². The maximum atomic E-state index is 11.5. The van der Waals surface area contributed by atoms with Gasteiger partial charge in [-0.1, -0.05) is 28.5 Å². The first kappa shape index (κ1) is 19.6. The molecule has 8 nitrogen and oxygen atoms in total. The summed E-state index contributed by atoms with van der Waals surface area (Å²) in [5, 5.41) is 9.69. The summed E-state index contributed by atoms with van der Waals surface area (Å²) in [6, 6.07) is -0.743. The number of nitrogens with one attached hydrogen (secondary N) is 4. The molecule has 1 aliphatic carbocycles. The molecule has 23 heavy (non-hydrogen) atoms. The van der Waals surface area contributed by atoms with Crippen LogP contribution < -0.4 is 21.3 Å². The molecule has 1 fully saturated rings. The molecule has 6 amide bonds. The van der Waals surface area contributed by atoms with Crippen LogP contribution in [0, 0.1) is 0 Å². The fraction of sp³-hybridized carbons (Fsp3) is 0.692. The molecule has 1 aliphatic rings. The predicted molar refractivity (Wildman–Crippen MR) is 91.1 cm³/mol. The third kappa shape index (κ3) is 10.9. The normalized spacial score (nSPS) is 13.1. The van der Waals surface area contributed by atoms with Gasteiger partial charge in [-0.3, -0.25) is 20.2 Å². The summed E-state index contributed by atoms with van der Waals surface area (Å²) in [6.45, 7) is 2.24. The first-order chi connectivity index (χ1) is 11.0. The molecule has 1 rings (SSSR count). The van der Waals surface area contributed by atoms with Crippen molar-refractivity contribution in [3.63, 3.8) is 0 Å². The monoisotopic (exact) mass is 362 g/mol. The van der Waals surface area contributed by atoms with Crippen LogP contribution in [-0.4, -0.2) is 48.0 Å². The first-order valence-electron chi connectivity index (χ1n) is 7.43. The van der Waals surface area contributed by atoms with Gasteiger partial charge in [-0.25, -0.2) is 9.59 Å². The minimum absolute atomic E-state index is 0.157. The molecule has 0 aromatic carbocycles.